The first-order valence-electron chi connectivity index (χ1n) is 3.03. The van der Waals surface area contributed by atoms with Gasteiger partial charge in [0.15, 0.2) is 0 Å². The average Bonchev–Trinajstić information content (AvgIpc) is 1.87. The van der Waals surface area contributed by atoms with E-state index in [0.29, 0.717) is 0 Å². The van der Waals surface area contributed by atoms with Crippen molar-refractivity contribution in [3.63, 3.8) is 0 Å². The standard InChI is InChI=1S/C3H6S2.2CH4S.Sb/c4-3-1-2-5-3;2*1-2;/h3-4H,1-2H2;2*2H,1H3;/q;;;+3/p-3. The van der Waals surface area contributed by atoms with Crippen LogP contribution in [0.5, 0.6) is 0 Å². The number of hydrogen-bond donors (Lipinski definition) is 0. The van der Waals surface area contributed by atoms with Crippen molar-refractivity contribution in [2.45, 2.75) is 11.0 Å². The first kappa shape index (κ1) is 10.3. The van der Waals surface area contributed by atoms with Gasteiger partial charge in [0.25, 0.3) is 0 Å². The van der Waals surface area contributed by atoms with Gasteiger partial charge in [-0.15, -0.1) is 0 Å². The van der Waals surface area contributed by atoms with Crippen LogP contribution in [0.2, 0.25) is 0 Å². The van der Waals surface area contributed by atoms with Crippen LogP contribution in [0, 0.1) is 0 Å². The number of rotatable bonds is 4. The fourth-order valence-electron chi connectivity index (χ4n) is 0.554. The summed E-state index contributed by atoms with van der Waals surface area (Å²) in [5.41, 5.74) is 0. The third-order valence-corrected chi connectivity index (χ3v) is 29.7. The summed E-state index contributed by atoms with van der Waals surface area (Å²) in [4.78, 5) is 0. The monoisotopic (exact) mass is 320 g/mol. The van der Waals surface area contributed by atoms with Crippen molar-refractivity contribution < 1.29 is 0 Å². The van der Waals surface area contributed by atoms with Gasteiger partial charge in [0.05, 0.1) is 0 Å². The Morgan fingerprint density at radius 3 is 2.30 bits per heavy atom. The third-order valence-electron chi connectivity index (χ3n) is 1.16. The van der Waals surface area contributed by atoms with Crippen LogP contribution in [-0.4, -0.2) is 38.9 Å². The van der Waals surface area contributed by atoms with Gasteiger partial charge in [-0.25, -0.2) is 0 Å². The molecule has 60 valence electrons. The molecule has 0 aliphatic carbocycles. The Hall–Kier alpha value is 2.22. The van der Waals surface area contributed by atoms with E-state index in [2.05, 4.69) is 50.8 Å². The normalized spacial score (nSPS) is 24.9. The molecular weight excluding hydrogens is 310 g/mol. The van der Waals surface area contributed by atoms with Crippen LogP contribution < -0.4 is 0 Å². The summed E-state index contributed by atoms with van der Waals surface area (Å²) < 4.78 is 0.989. The molecule has 0 amide bonds. The first-order valence-corrected chi connectivity index (χ1v) is 16.7. The first-order chi connectivity index (χ1) is 4.86. The zero-order valence-corrected chi connectivity index (χ0v) is 11.9. The average molecular weight is 321 g/mol. The fraction of sp³-hybridized carbons (Fsp3) is 1.00. The molecule has 1 aliphatic heterocycles. The van der Waals surface area contributed by atoms with Crippen LogP contribution in [-0.2, 0) is 0 Å². The van der Waals surface area contributed by atoms with Crippen LogP contribution in [0.1, 0.15) is 6.42 Å². The summed E-state index contributed by atoms with van der Waals surface area (Å²) in [5.74, 6) is 1.41. The Balaban J connectivity index is 2.08. The van der Waals surface area contributed by atoms with Gasteiger partial charge in [-0.1, -0.05) is 0 Å². The molecular formula is C5H11S4Sb. The van der Waals surface area contributed by atoms with Crippen LogP contribution in [0.15, 0.2) is 0 Å². The molecule has 0 nitrogen and oxygen atoms in total. The van der Waals surface area contributed by atoms with Crippen molar-refractivity contribution in [2.24, 2.45) is 0 Å². The van der Waals surface area contributed by atoms with Crippen molar-refractivity contribution in [3.8, 4) is 0 Å². The Kier molecular flexibility index (Phi) is 5.97. The van der Waals surface area contributed by atoms with Crippen molar-refractivity contribution in [1.29, 1.82) is 0 Å². The second-order valence-corrected chi connectivity index (χ2v) is 26.2. The molecule has 0 aromatic heterocycles. The minimum atomic E-state index is -0.887. The Morgan fingerprint density at radius 1 is 1.40 bits per heavy atom. The maximum absolute atomic E-state index is 2.30. The Labute approximate surface area is 82.6 Å². The van der Waals surface area contributed by atoms with E-state index in [1.807, 2.05) is 0 Å². The Bertz CT molecular complexity index is 91.6. The van der Waals surface area contributed by atoms with Gasteiger partial charge in [0.1, 0.15) is 0 Å². The van der Waals surface area contributed by atoms with Gasteiger partial charge < -0.3 is 0 Å². The summed E-state index contributed by atoms with van der Waals surface area (Å²) in [6, 6.07) is 0. The van der Waals surface area contributed by atoms with Crippen LogP contribution in [0.4, 0.5) is 0 Å². The molecule has 1 saturated heterocycles. The summed E-state index contributed by atoms with van der Waals surface area (Å²) in [7, 11) is 6.59. The molecule has 1 heterocycles. The van der Waals surface area contributed by atoms with Gasteiger partial charge in [-0.05, 0) is 0 Å². The van der Waals surface area contributed by atoms with Gasteiger partial charge in [0, 0.05) is 0 Å². The van der Waals surface area contributed by atoms with Crippen molar-refractivity contribution in [1.82, 2.24) is 0 Å². The van der Waals surface area contributed by atoms with Crippen LogP contribution in [0.3, 0.4) is 0 Å². The van der Waals surface area contributed by atoms with E-state index < -0.39 is 16.0 Å². The molecule has 1 aliphatic rings. The summed E-state index contributed by atoms with van der Waals surface area (Å²) in [5, 5.41) is 0. The van der Waals surface area contributed by atoms with Crippen LogP contribution >= 0.6 is 38.3 Å². The number of thioether (sulfide) groups is 1. The zero-order chi connectivity index (χ0) is 7.40. The summed E-state index contributed by atoms with van der Waals surface area (Å²) in [6.45, 7) is 0. The SMILES string of the molecule is C[S][Sb]([S]C)[S]C1CCS1. The van der Waals surface area contributed by atoms with E-state index in [9.17, 15) is 0 Å². The minimum absolute atomic E-state index is 0.887. The molecule has 1 atom stereocenters. The zero-order valence-electron chi connectivity index (χ0n) is 6.07. The second kappa shape index (κ2) is 5.79. The molecule has 1 rings (SSSR count). The topological polar surface area (TPSA) is 0 Å². The predicted molar refractivity (Wildman–Crippen MR) is 61.2 cm³/mol. The summed E-state index contributed by atoms with van der Waals surface area (Å²) in [6.07, 6.45) is 6.02. The van der Waals surface area contributed by atoms with Gasteiger partial charge in [-0.3, -0.25) is 0 Å². The van der Waals surface area contributed by atoms with E-state index in [0.717, 1.165) is 4.58 Å². The molecule has 0 aromatic carbocycles. The van der Waals surface area contributed by atoms with Gasteiger partial charge in [-0.2, -0.15) is 0 Å². The van der Waals surface area contributed by atoms with E-state index >= 15 is 0 Å². The second-order valence-electron chi connectivity index (χ2n) is 1.78. The van der Waals surface area contributed by atoms with E-state index in [1.54, 1.807) is 0 Å². The molecule has 0 N–H and O–H groups in total. The maximum atomic E-state index is 2.30. The molecule has 10 heavy (non-hydrogen) atoms. The van der Waals surface area contributed by atoms with Crippen molar-refractivity contribution >= 4 is 54.3 Å². The molecule has 1 unspecified atom stereocenters. The number of hydrogen-bond acceptors (Lipinski definition) is 4. The third kappa shape index (κ3) is 3.30. The Morgan fingerprint density at radius 2 is 2.00 bits per heavy atom. The molecule has 5 heteroatoms. The summed E-state index contributed by atoms with van der Waals surface area (Å²) >= 11 is 1.26. The molecule has 0 radical (unpaired) electrons. The van der Waals surface area contributed by atoms with E-state index in [1.165, 1.54) is 12.2 Å². The molecule has 0 spiro atoms. The fourth-order valence-corrected chi connectivity index (χ4v) is 23.9. The quantitative estimate of drug-likeness (QED) is 0.730. The molecule has 1 fully saturated rings. The predicted octanol–water partition coefficient (Wildman–Crippen LogP) is 2.89. The van der Waals surface area contributed by atoms with Gasteiger partial charge >= 0.3 is 83.6 Å². The van der Waals surface area contributed by atoms with Crippen molar-refractivity contribution in [3.05, 3.63) is 0 Å². The van der Waals surface area contributed by atoms with Crippen LogP contribution in [0.25, 0.3) is 0 Å². The van der Waals surface area contributed by atoms with E-state index in [-0.39, 0.29) is 0 Å². The van der Waals surface area contributed by atoms with Gasteiger partial charge in [0.2, 0.25) is 0 Å². The molecule has 0 saturated carbocycles. The van der Waals surface area contributed by atoms with Crippen molar-refractivity contribution in [2.75, 3.05) is 18.3 Å². The molecule has 0 aromatic rings. The molecule has 0 bridgehead atoms. The van der Waals surface area contributed by atoms with E-state index in [4.69, 9.17) is 0 Å².